The van der Waals surface area contributed by atoms with E-state index >= 15 is 0 Å². The minimum Gasteiger partial charge on any atom is -0.496 e. The summed E-state index contributed by atoms with van der Waals surface area (Å²) in [6, 6.07) is 11.6. The molecule has 0 bridgehead atoms. The van der Waals surface area contributed by atoms with Crippen LogP contribution in [0.25, 0.3) is 6.08 Å². The molecule has 2 aromatic rings. The van der Waals surface area contributed by atoms with E-state index in [1.54, 1.807) is 42.5 Å². The number of methoxy groups -OCH3 is 1. The first-order chi connectivity index (χ1) is 13.5. The molecule has 2 N–H and O–H groups in total. The number of carboxylic acid groups (broad SMARTS) is 1. The topological polar surface area (TPSA) is 94.1 Å². The highest BCUT2D eigenvalue weighted by Gasteiger charge is 2.17. The number of rotatable bonds is 9. The maximum absolute atomic E-state index is 12.5. The Bertz CT molecular complexity index is 875. The minimum absolute atomic E-state index is 0.235. The Hall–Kier alpha value is -3.48. The first-order valence-corrected chi connectivity index (χ1v) is 8.79. The van der Waals surface area contributed by atoms with E-state index < -0.39 is 11.9 Å². The third kappa shape index (κ3) is 5.26. The number of carboxylic acids is 1. The van der Waals surface area contributed by atoms with Gasteiger partial charge >= 0.3 is 5.97 Å². The van der Waals surface area contributed by atoms with Gasteiger partial charge in [-0.05, 0) is 49.8 Å². The van der Waals surface area contributed by atoms with Crippen molar-refractivity contribution >= 4 is 18.0 Å². The monoisotopic (exact) mass is 385 g/mol. The van der Waals surface area contributed by atoms with Gasteiger partial charge in [0.2, 0.25) is 0 Å². The molecule has 0 saturated heterocycles. The van der Waals surface area contributed by atoms with Crippen molar-refractivity contribution in [3.8, 4) is 17.2 Å². The molecule has 7 heteroatoms. The molecule has 0 radical (unpaired) electrons. The zero-order valence-corrected chi connectivity index (χ0v) is 16.0. The van der Waals surface area contributed by atoms with Crippen molar-refractivity contribution < 1.29 is 28.9 Å². The lowest BCUT2D eigenvalue weighted by molar-refractivity contribution is -0.132. The fourth-order valence-corrected chi connectivity index (χ4v) is 2.50. The number of amides is 1. The van der Waals surface area contributed by atoms with Crippen LogP contribution in [-0.4, -0.2) is 37.3 Å². The van der Waals surface area contributed by atoms with Crippen molar-refractivity contribution in [1.82, 2.24) is 5.32 Å². The van der Waals surface area contributed by atoms with E-state index in [1.807, 2.05) is 13.8 Å². The molecule has 28 heavy (non-hydrogen) atoms. The van der Waals surface area contributed by atoms with Gasteiger partial charge in [-0.15, -0.1) is 0 Å². The molecule has 0 aliphatic heterocycles. The summed E-state index contributed by atoms with van der Waals surface area (Å²) in [5.41, 5.74) is 0.506. The summed E-state index contributed by atoms with van der Waals surface area (Å²) >= 11 is 0. The van der Waals surface area contributed by atoms with Crippen LogP contribution in [0.4, 0.5) is 0 Å². The molecule has 0 saturated carbocycles. The minimum atomic E-state index is -1.27. The fraction of sp³-hybridized carbons (Fsp3) is 0.238. The van der Waals surface area contributed by atoms with E-state index in [0.717, 1.165) is 0 Å². The van der Waals surface area contributed by atoms with Gasteiger partial charge in [0.05, 0.1) is 25.9 Å². The number of aliphatic carboxylic acids is 1. The smallest absolute Gasteiger partial charge is 0.352 e. The zero-order chi connectivity index (χ0) is 20.5. The predicted molar refractivity (Wildman–Crippen MR) is 105 cm³/mol. The number of ether oxygens (including phenoxy) is 3. The van der Waals surface area contributed by atoms with E-state index in [9.17, 15) is 14.7 Å². The highest BCUT2D eigenvalue weighted by atomic mass is 16.5. The summed E-state index contributed by atoms with van der Waals surface area (Å²) in [6.45, 7) is 4.61. The van der Waals surface area contributed by atoms with Crippen molar-refractivity contribution in [1.29, 1.82) is 0 Å². The molecule has 0 spiro atoms. The molecule has 0 atom stereocenters. The Morgan fingerprint density at radius 1 is 1.00 bits per heavy atom. The second-order valence-electron chi connectivity index (χ2n) is 5.59. The Balaban J connectivity index is 2.33. The lowest BCUT2D eigenvalue weighted by atomic mass is 10.1. The maximum Gasteiger partial charge on any atom is 0.352 e. The number of para-hydroxylation sites is 1. The van der Waals surface area contributed by atoms with Crippen molar-refractivity contribution in [2.75, 3.05) is 20.3 Å². The average molecular weight is 385 g/mol. The number of hydrogen-bond acceptors (Lipinski definition) is 5. The van der Waals surface area contributed by atoms with Crippen LogP contribution >= 0.6 is 0 Å². The van der Waals surface area contributed by atoms with Crippen LogP contribution in [-0.2, 0) is 4.79 Å². The van der Waals surface area contributed by atoms with E-state index in [4.69, 9.17) is 14.2 Å². The van der Waals surface area contributed by atoms with E-state index in [0.29, 0.717) is 36.0 Å². The molecule has 0 fully saturated rings. The molecular weight excluding hydrogens is 362 g/mol. The first-order valence-electron chi connectivity index (χ1n) is 8.79. The van der Waals surface area contributed by atoms with E-state index in [2.05, 4.69) is 5.32 Å². The number of carbonyl (C=O) groups is 2. The van der Waals surface area contributed by atoms with Crippen molar-refractivity contribution in [3.63, 3.8) is 0 Å². The van der Waals surface area contributed by atoms with Gasteiger partial charge in [0.1, 0.15) is 11.4 Å². The first kappa shape index (κ1) is 20.8. The van der Waals surface area contributed by atoms with Crippen LogP contribution < -0.4 is 19.5 Å². The molecular formula is C21H23NO6. The second kappa shape index (κ2) is 10.0. The number of benzene rings is 2. The Kier molecular flexibility index (Phi) is 7.45. The largest absolute Gasteiger partial charge is 0.496 e. The summed E-state index contributed by atoms with van der Waals surface area (Å²) in [7, 11) is 1.44. The standard InChI is InChI=1S/C21H23NO6/c1-4-27-18-11-10-14(13-19(18)28-5-2)12-16(21(24)25)22-20(23)15-8-6-7-9-17(15)26-3/h6-13H,4-5H2,1-3H3,(H,22,23)(H,24,25)/b16-12-. The average Bonchev–Trinajstić information content (AvgIpc) is 2.69. The molecule has 0 aromatic heterocycles. The fourth-order valence-electron chi connectivity index (χ4n) is 2.50. The van der Waals surface area contributed by atoms with Gasteiger partial charge in [0.25, 0.3) is 5.91 Å². The predicted octanol–water partition coefficient (Wildman–Crippen LogP) is 3.35. The molecule has 2 rings (SSSR count). The summed E-state index contributed by atoms with van der Waals surface area (Å²) in [5.74, 6) is -0.433. The number of hydrogen-bond donors (Lipinski definition) is 2. The molecule has 7 nitrogen and oxygen atoms in total. The molecule has 2 aromatic carbocycles. The maximum atomic E-state index is 12.5. The van der Waals surface area contributed by atoms with Crippen LogP contribution in [0.5, 0.6) is 17.2 Å². The molecule has 0 aliphatic rings. The zero-order valence-electron chi connectivity index (χ0n) is 16.0. The van der Waals surface area contributed by atoms with Gasteiger partial charge < -0.3 is 24.6 Å². The van der Waals surface area contributed by atoms with Gasteiger partial charge in [0, 0.05) is 0 Å². The summed E-state index contributed by atoms with van der Waals surface area (Å²) in [5, 5.41) is 11.9. The Labute approximate surface area is 163 Å². The van der Waals surface area contributed by atoms with Gasteiger partial charge in [-0.2, -0.15) is 0 Å². The lowest BCUT2D eigenvalue weighted by Crippen LogP contribution is -2.27. The molecule has 0 heterocycles. The SMILES string of the molecule is CCOc1ccc(/C=C(\NC(=O)c2ccccc2OC)C(=O)O)cc1OCC. The molecule has 1 amide bonds. The third-order valence-electron chi connectivity index (χ3n) is 3.71. The van der Waals surface area contributed by atoms with Crippen LogP contribution in [0, 0.1) is 0 Å². The highest BCUT2D eigenvalue weighted by Crippen LogP contribution is 2.29. The summed E-state index contributed by atoms with van der Waals surface area (Å²) in [6.07, 6.45) is 1.36. The second-order valence-corrected chi connectivity index (χ2v) is 5.59. The van der Waals surface area contributed by atoms with Crippen LogP contribution in [0.2, 0.25) is 0 Å². The lowest BCUT2D eigenvalue weighted by Gasteiger charge is -2.12. The van der Waals surface area contributed by atoms with Crippen molar-refractivity contribution in [2.45, 2.75) is 13.8 Å². The van der Waals surface area contributed by atoms with Crippen LogP contribution in [0.15, 0.2) is 48.2 Å². The van der Waals surface area contributed by atoms with Gasteiger partial charge in [-0.25, -0.2) is 4.79 Å². The van der Waals surface area contributed by atoms with Crippen LogP contribution in [0.1, 0.15) is 29.8 Å². The molecule has 0 unspecified atom stereocenters. The summed E-state index contributed by atoms with van der Waals surface area (Å²) < 4.78 is 16.2. The van der Waals surface area contributed by atoms with Gasteiger partial charge in [-0.3, -0.25) is 4.79 Å². The molecule has 0 aliphatic carbocycles. The summed E-state index contributed by atoms with van der Waals surface area (Å²) in [4.78, 5) is 24.1. The Morgan fingerprint density at radius 2 is 1.68 bits per heavy atom. The number of nitrogens with one attached hydrogen (secondary N) is 1. The van der Waals surface area contributed by atoms with E-state index in [1.165, 1.54) is 13.2 Å². The van der Waals surface area contributed by atoms with Gasteiger partial charge in [-0.1, -0.05) is 18.2 Å². The quantitative estimate of drug-likeness (QED) is 0.643. The molecule has 148 valence electrons. The highest BCUT2D eigenvalue weighted by molar-refractivity contribution is 6.04. The Morgan fingerprint density at radius 3 is 2.32 bits per heavy atom. The van der Waals surface area contributed by atoms with E-state index in [-0.39, 0.29) is 11.3 Å². The van der Waals surface area contributed by atoms with Crippen molar-refractivity contribution in [2.24, 2.45) is 0 Å². The van der Waals surface area contributed by atoms with Crippen LogP contribution in [0.3, 0.4) is 0 Å². The number of carbonyl (C=O) groups excluding carboxylic acids is 1. The normalized spacial score (nSPS) is 10.9. The van der Waals surface area contributed by atoms with Crippen molar-refractivity contribution in [3.05, 3.63) is 59.3 Å². The van der Waals surface area contributed by atoms with Gasteiger partial charge in [0.15, 0.2) is 11.5 Å². The third-order valence-corrected chi connectivity index (χ3v) is 3.71.